The summed E-state index contributed by atoms with van der Waals surface area (Å²) >= 11 is 0. The van der Waals surface area contributed by atoms with Crippen LogP contribution < -0.4 is 0 Å². The van der Waals surface area contributed by atoms with Gasteiger partial charge in [-0.25, -0.2) is 14.5 Å². The fourth-order valence-electron chi connectivity index (χ4n) is 1.27. The lowest BCUT2D eigenvalue weighted by Gasteiger charge is -2.04. The molecule has 0 heterocycles. The Labute approximate surface area is 122 Å². The number of rotatable bonds is 8. The summed E-state index contributed by atoms with van der Waals surface area (Å²) in [6, 6.07) is 6.60. The predicted molar refractivity (Wildman–Crippen MR) is 71.2 cm³/mol. The van der Waals surface area contributed by atoms with E-state index < -0.39 is 12.1 Å². The smallest absolute Gasteiger partial charge is 0.430 e. The van der Waals surface area contributed by atoms with Gasteiger partial charge in [-0.3, -0.25) is 4.89 Å². The Kier molecular flexibility index (Phi) is 7.85. The third kappa shape index (κ3) is 7.28. The maximum atomic E-state index is 11.5. The molecule has 116 valence electrons. The molecule has 0 amide bonds. The first kappa shape index (κ1) is 16.9. The van der Waals surface area contributed by atoms with E-state index >= 15 is 0 Å². The lowest BCUT2D eigenvalue weighted by atomic mass is 10.2. The summed E-state index contributed by atoms with van der Waals surface area (Å²) in [7, 11) is 0. The standard InChI is InChI=1S/C14H18O7/c1-3-8-17-9-10-18-14(16)20-21-19-13(15)12-6-4-11(2)5-7-12/h4-7H,3,8-10H2,1-2H3. The number of hydrogen-bond donors (Lipinski definition) is 0. The minimum absolute atomic E-state index is 0.0219. The molecule has 1 rings (SSSR count). The number of hydrogen-bond acceptors (Lipinski definition) is 7. The summed E-state index contributed by atoms with van der Waals surface area (Å²) in [5, 5.41) is 4.06. The van der Waals surface area contributed by atoms with Gasteiger partial charge in [-0.2, -0.15) is 0 Å². The largest absolute Gasteiger partial charge is 0.543 e. The van der Waals surface area contributed by atoms with Gasteiger partial charge in [0, 0.05) is 6.61 Å². The minimum Gasteiger partial charge on any atom is -0.430 e. The van der Waals surface area contributed by atoms with E-state index in [0.717, 1.165) is 12.0 Å². The minimum atomic E-state index is -1.12. The van der Waals surface area contributed by atoms with Crippen molar-refractivity contribution in [3.63, 3.8) is 0 Å². The van der Waals surface area contributed by atoms with E-state index in [0.29, 0.717) is 6.61 Å². The highest BCUT2D eigenvalue weighted by molar-refractivity contribution is 5.88. The van der Waals surface area contributed by atoms with Crippen molar-refractivity contribution in [1.29, 1.82) is 0 Å². The molecule has 0 unspecified atom stereocenters. The molecular formula is C14H18O7. The molecular weight excluding hydrogens is 280 g/mol. The summed E-state index contributed by atoms with van der Waals surface area (Å²) in [5.41, 5.74) is 1.27. The molecule has 7 nitrogen and oxygen atoms in total. The molecule has 0 saturated carbocycles. The van der Waals surface area contributed by atoms with Crippen LogP contribution in [-0.4, -0.2) is 31.9 Å². The summed E-state index contributed by atoms with van der Waals surface area (Å²) in [6.07, 6.45) is -0.241. The lowest BCUT2D eigenvalue weighted by Crippen LogP contribution is -2.14. The van der Waals surface area contributed by atoms with Crippen LogP contribution in [0.5, 0.6) is 0 Å². The Morgan fingerprint density at radius 3 is 2.38 bits per heavy atom. The molecule has 0 saturated heterocycles. The van der Waals surface area contributed by atoms with Crippen LogP contribution in [0.4, 0.5) is 4.79 Å². The Bertz CT molecular complexity index is 441. The summed E-state index contributed by atoms with van der Waals surface area (Å²) in [4.78, 5) is 30.9. The lowest BCUT2D eigenvalue weighted by molar-refractivity contribution is -0.452. The van der Waals surface area contributed by atoms with Crippen LogP contribution in [0.15, 0.2) is 24.3 Å². The van der Waals surface area contributed by atoms with Crippen LogP contribution in [0.2, 0.25) is 0 Å². The van der Waals surface area contributed by atoms with Crippen LogP contribution in [-0.2, 0) is 24.3 Å². The summed E-state index contributed by atoms with van der Waals surface area (Å²) < 4.78 is 9.67. The first-order valence-corrected chi connectivity index (χ1v) is 6.50. The van der Waals surface area contributed by atoms with Gasteiger partial charge in [0.05, 0.1) is 17.2 Å². The Balaban J connectivity index is 2.13. The monoisotopic (exact) mass is 298 g/mol. The number of carbonyl (C=O) groups is 2. The molecule has 0 aromatic heterocycles. The molecule has 0 aliphatic rings. The molecule has 0 fully saturated rings. The maximum Gasteiger partial charge on any atom is 0.543 e. The van der Waals surface area contributed by atoms with Gasteiger partial charge in [0.1, 0.15) is 6.61 Å². The molecule has 0 atom stereocenters. The fourth-order valence-corrected chi connectivity index (χ4v) is 1.27. The topological polar surface area (TPSA) is 80.3 Å². The van der Waals surface area contributed by atoms with Crippen molar-refractivity contribution in [1.82, 2.24) is 0 Å². The highest BCUT2D eigenvalue weighted by atomic mass is 17.5. The van der Waals surface area contributed by atoms with Gasteiger partial charge in [0.15, 0.2) is 0 Å². The molecule has 0 N–H and O–H groups in total. The van der Waals surface area contributed by atoms with Gasteiger partial charge in [0.25, 0.3) is 0 Å². The second kappa shape index (κ2) is 9.73. The second-order valence-corrected chi connectivity index (χ2v) is 4.10. The Morgan fingerprint density at radius 2 is 1.71 bits per heavy atom. The average molecular weight is 298 g/mol. The molecule has 0 radical (unpaired) electrons. The molecule has 1 aromatic rings. The molecule has 0 spiro atoms. The van der Waals surface area contributed by atoms with Crippen molar-refractivity contribution < 1.29 is 33.9 Å². The first-order chi connectivity index (χ1) is 10.1. The molecule has 0 aliphatic carbocycles. The summed E-state index contributed by atoms with van der Waals surface area (Å²) in [5.74, 6) is -0.783. The van der Waals surface area contributed by atoms with Gasteiger partial charge in [0.2, 0.25) is 0 Å². The van der Waals surface area contributed by atoms with Crippen LogP contribution in [0.25, 0.3) is 0 Å². The van der Waals surface area contributed by atoms with Crippen LogP contribution in [0, 0.1) is 6.92 Å². The molecule has 1 aromatic carbocycles. The predicted octanol–water partition coefficient (Wildman–Crippen LogP) is 2.58. The van der Waals surface area contributed by atoms with E-state index in [9.17, 15) is 9.59 Å². The third-order valence-corrected chi connectivity index (χ3v) is 2.30. The first-order valence-electron chi connectivity index (χ1n) is 6.50. The van der Waals surface area contributed by atoms with E-state index in [1.165, 1.54) is 0 Å². The van der Waals surface area contributed by atoms with Crippen LogP contribution >= 0.6 is 0 Å². The number of aryl methyl sites for hydroxylation is 1. The highest BCUT2D eigenvalue weighted by Crippen LogP contribution is 2.05. The normalized spacial score (nSPS) is 10.0. The SMILES string of the molecule is CCCOCCOC(=O)OOOC(=O)c1ccc(C)cc1. The zero-order chi connectivity index (χ0) is 15.5. The van der Waals surface area contributed by atoms with Crippen molar-refractivity contribution in [3.8, 4) is 0 Å². The van der Waals surface area contributed by atoms with Crippen molar-refractivity contribution >= 4 is 12.1 Å². The fraction of sp³-hybridized carbons (Fsp3) is 0.429. The third-order valence-electron chi connectivity index (χ3n) is 2.30. The maximum absolute atomic E-state index is 11.5. The van der Waals surface area contributed by atoms with Crippen LogP contribution in [0.3, 0.4) is 0 Å². The molecule has 21 heavy (non-hydrogen) atoms. The van der Waals surface area contributed by atoms with Gasteiger partial charge < -0.3 is 9.47 Å². The molecule has 7 heteroatoms. The highest BCUT2D eigenvalue weighted by Gasteiger charge is 2.11. The number of ether oxygens (including phenoxy) is 2. The van der Waals surface area contributed by atoms with E-state index in [1.54, 1.807) is 24.3 Å². The molecule has 0 aliphatic heterocycles. The van der Waals surface area contributed by atoms with Gasteiger partial charge in [-0.15, -0.1) is 0 Å². The van der Waals surface area contributed by atoms with Gasteiger partial charge in [-0.1, -0.05) is 24.6 Å². The van der Waals surface area contributed by atoms with Crippen LogP contribution in [0.1, 0.15) is 29.3 Å². The zero-order valence-electron chi connectivity index (χ0n) is 12.0. The van der Waals surface area contributed by atoms with Crippen molar-refractivity contribution in [2.24, 2.45) is 0 Å². The second-order valence-electron chi connectivity index (χ2n) is 4.10. The quantitative estimate of drug-likeness (QED) is 0.316. The van der Waals surface area contributed by atoms with E-state index in [2.05, 4.69) is 19.6 Å². The summed E-state index contributed by atoms with van der Waals surface area (Å²) in [6.45, 7) is 4.71. The zero-order valence-corrected chi connectivity index (χ0v) is 12.0. The van der Waals surface area contributed by atoms with E-state index in [-0.39, 0.29) is 18.8 Å². The van der Waals surface area contributed by atoms with E-state index in [1.807, 2.05) is 13.8 Å². The number of carbonyl (C=O) groups excluding carboxylic acids is 2. The van der Waals surface area contributed by atoms with E-state index in [4.69, 9.17) is 4.74 Å². The Morgan fingerprint density at radius 1 is 1.00 bits per heavy atom. The van der Waals surface area contributed by atoms with Crippen molar-refractivity contribution in [2.45, 2.75) is 20.3 Å². The molecule has 0 bridgehead atoms. The van der Waals surface area contributed by atoms with Crippen molar-refractivity contribution in [3.05, 3.63) is 35.4 Å². The average Bonchev–Trinajstić information content (AvgIpc) is 2.47. The van der Waals surface area contributed by atoms with Gasteiger partial charge >= 0.3 is 12.1 Å². The van der Waals surface area contributed by atoms with Crippen molar-refractivity contribution in [2.75, 3.05) is 19.8 Å². The Hall–Kier alpha value is -2.12. The van der Waals surface area contributed by atoms with Gasteiger partial charge in [-0.05, 0) is 25.5 Å². The number of benzene rings is 1.